The van der Waals surface area contributed by atoms with Gasteiger partial charge in [-0.2, -0.15) is 20.5 Å². The van der Waals surface area contributed by atoms with Crippen LogP contribution in [0.5, 0.6) is 5.75 Å². The second-order valence-electron chi connectivity index (χ2n) is 4.96. The molecule has 0 heterocycles. The van der Waals surface area contributed by atoms with E-state index in [4.69, 9.17) is 0 Å². The lowest BCUT2D eigenvalue weighted by Crippen LogP contribution is -2.38. The molecule has 1 aromatic carbocycles. The minimum Gasteiger partial charge on any atom is -0.435 e. The molecule has 0 amide bonds. The molecule has 0 spiro atoms. The first-order valence-corrected chi connectivity index (χ1v) is 9.20. The van der Waals surface area contributed by atoms with Crippen LogP contribution in [0.2, 0.25) is 0 Å². The zero-order chi connectivity index (χ0) is 17.8. The Hall–Kier alpha value is -1.54. The fraction of sp³-hybridized carbons (Fsp3) is 0.562. The van der Waals surface area contributed by atoms with Crippen LogP contribution in [0.3, 0.4) is 0 Å². The molecule has 0 fully saturated rings. The van der Waals surface area contributed by atoms with Crippen molar-refractivity contribution in [1.82, 2.24) is 10.6 Å². The summed E-state index contributed by atoms with van der Waals surface area (Å²) in [6.45, 7) is 0.821. The Morgan fingerprint density at radius 3 is 2.58 bits per heavy atom. The second-order valence-corrected chi connectivity index (χ2v) is 5.94. The molecule has 0 bridgehead atoms. The van der Waals surface area contributed by atoms with Gasteiger partial charge in [0, 0.05) is 13.1 Å². The number of nitrogens with one attached hydrogen (secondary N) is 2. The minimum absolute atomic E-state index is 0.0632. The van der Waals surface area contributed by atoms with Crippen molar-refractivity contribution in [1.29, 1.82) is 0 Å². The first-order valence-electron chi connectivity index (χ1n) is 7.80. The average Bonchev–Trinajstić information content (AvgIpc) is 2.56. The maximum atomic E-state index is 12.1. The number of aliphatic hydroxyl groups is 1. The van der Waals surface area contributed by atoms with E-state index in [0.717, 1.165) is 25.3 Å². The van der Waals surface area contributed by atoms with E-state index < -0.39 is 12.7 Å². The van der Waals surface area contributed by atoms with Crippen LogP contribution in [0.1, 0.15) is 25.0 Å². The maximum Gasteiger partial charge on any atom is 0.387 e. The quantitative estimate of drug-likeness (QED) is 0.340. The molecule has 0 aliphatic heterocycles. The largest absolute Gasteiger partial charge is 0.435 e. The topological polar surface area (TPSA) is 65.9 Å². The molecule has 1 atom stereocenters. The predicted molar refractivity (Wildman–Crippen MR) is 95.0 cm³/mol. The Morgan fingerprint density at radius 2 is 2.00 bits per heavy atom. The summed E-state index contributed by atoms with van der Waals surface area (Å²) in [5.41, 5.74) is 0.596. The Kier molecular flexibility index (Phi) is 10.2. The van der Waals surface area contributed by atoms with Gasteiger partial charge in [0.15, 0.2) is 5.96 Å². The molecule has 8 heteroatoms. The number of thioether (sulfide) groups is 1. The van der Waals surface area contributed by atoms with Gasteiger partial charge in [-0.15, -0.1) is 0 Å². The summed E-state index contributed by atoms with van der Waals surface area (Å²) < 4.78 is 28.5. The third-order valence-corrected chi connectivity index (χ3v) is 3.77. The monoisotopic (exact) mass is 361 g/mol. The molecule has 0 radical (unpaired) electrons. The lowest BCUT2D eigenvalue weighted by Gasteiger charge is -2.13. The predicted octanol–water partition coefficient (Wildman–Crippen LogP) is 2.63. The van der Waals surface area contributed by atoms with Gasteiger partial charge in [-0.05, 0) is 43.0 Å². The number of nitrogens with zero attached hydrogens (tertiary/aromatic N) is 1. The van der Waals surface area contributed by atoms with Crippen LogP contribution >= 0.6 is 11.8 Å². The molecule has 5 nitrogen and oxygen atoms in total. The molecule has 0 saturated heterocycles. The van der Waals surface area contributed by atoms with Crippen molar-refractivity contribution in [2.24, 2.45) is 4.99 Å². The number of halogens is 2. The lowest BCUT2D eigenvalue weighted by atomic mass is 10.1. The first kappa shape index (κ1) is 20.5. The summed E-state index contributed by atoms with van der Waals surface area (Å²) in [4.78, 5) is 4.34. The van der Waals surface area contributed by atoms with E-state index in [1.807, 2.05) is 6.92 Å². The van der Waals surface area contributed by atoms with Crippen molar-refractivity contribution >= 4 is 17.7 Å². The molecule has 136 valence electrons. The van der Waals surface area contributed by atoms with Crippen LogP contribution in [0.4, 0.5) is 8.78 Å². The highest BCUT2D eigenvalue weighted by molar-refractivity contribution is 7.98. The van der Waals surface area contributed by atoms with Gasteiger partial charge in [-0.3, -0.25) is 4.99 Å². The first-order chi connectivity index (χ1) is 11.6. The molecular formula is C16H25F2N3O2S. The van der Waals surface area contributed by atoms with Gasteiger partial charge in [0.1, 0.15) is 5.75 Å². The third-order valence-electron chi connectivity index (χ3n) is 3.07. The summed E-state index contributed by atoms with van der Waals surface area (Å²) in [7, 11) is 0. The molecule has 0 aromatic heterocycles. The van der Waals surface area contributed by atoms with Crippen molar-refractivity contribution in [3.63, 3.8) is 0 Å². The number of aliphatic imine (C=N–C) groups is 1. The highest BCUT2D eigenvalue weighted by atomic mass is 32.2. The number of ether oxygens (including phenoxy) is 1. The van der Waals surface area contributed by atoms with Gasteiger partial charge in [-0.25, -0.2) is 0 Å². The Bertz CT molecular complexity index is 487. The molecule has 0 saturated carbocycles. The van der Waals surface area contributed by atoms with Crippen LogP contribution in [0.15, 0.2) is 29.3 Å². The zero-order valence-corrected chi connectivity index (χ0v) is 14.8. The summed E-state index contributed by atoms with van der Waals surface area (Å²) in [5.74, 6) is 1.78. The molecule has 24 heavy (non-hydrogen) atoms. The van der Waals surface area contributed by atoms with Crippen LogP contribution in [0, 0.1) is 0 Å². The fourth-order valence-electron chi connectivity index (χ4n) is 1.92. The minimum atomic E-state index is -2.86. The number of hydrogen-bond acceptors (Lipinski definition) is 4. The van der Waals surface area contributed by atoms with E-state index in [2.05, 4.69) is 26.6 Å². The highest BCUT2D eigenvalue weighted by Crippen LogP contribution is 2.19. The van der Waals surface area contributed by atoms with Crippen molar-refractivity contribution in [2.45, 2.75) is 26.1 Å². The fourth-order valence-corrected chi connectivity index (χ4v) is 2.35. The van der Waals surface area contributed by atoms with Gasteiger partial charge in [0.25, 0.3) is 0 Å². The van der Waals surface area contributed by atoms with Gasteiger partial charge in [-0.1, -0.05) is 12.1 Å². The zero-order valence-electron chi connectivity index (χ0n) is 14.0. The Morgan fingerprint density at radius 1 is 1.29 bits per heavy atom. The van der Waals surface area contributed by atoms with Crippen LogP contribution in [-0.2, 0) is 0 Å². The second kappa shape index (κ2) is 11.9. The van der Waals surface area contributed by atoms with Crippen molar-refractivity contribution in [3.8, 4) is 5.75 Å². The molecule has 1 aromatic rings. The SMILES string of the molecule is CCNC(=NCC(O)c1ccc(OC(F)F)cc1)NCCCSC. The van der Waals surface area contributed by atoms with E-state index in [0.29, 0.717) is 11.5 Å². The van der Waals surface area contributed by atoms with Crippen LogP contribution in [-0.4, -0.2) is 49.3 Å². The van der Waals surface area contributed by atoms with Gasteiger partial charge in [0.2, 0.25) is 0 Å². The summed E-state index contributed by atoms with van der Waals surface area (Å²) >= 11 is 1.79. The summed E-state index contributed by atoms with van der Waals surface area (Å²) in [6.07, 6.45) is 2.28. The summed E-state index contributed by atoms with van der Waals surface area (Å²) in [6, 6.07) is 5.91. The number of rotatable bonds is 10. The van der Waals surface area contributed by atoms with E-state index in [1.54, 1.807) is 23.9 Å². The molecule has 0 aliphatic rings. The smallest absolute Gasteiger partial charge is 0.387 e. The highest BCUT2D eigenvalue weighted by Gasteiger charge is 2.09. The van der Waals surface area contributed by atoms with E-state index in [9.17, 15) is 13.9 Å². The number of alkyl halides is 2. The maximum absolute atomic E-state index is 12.1. The molecule has 3 N–H and O–H groups in total. The van der Waals surface area contributed by atoms with E-state index in [-0.39, 0.29) is 12.3 Å². The summed E-state index contributed by atoms with van der Waals surface area (Å²) in [5, 5.41) is 16.5. The Labute approximate surface area is 145 Å². The number of benzene rings is 1. The number of aliphatic hydroxyl groups excluding tert-OH is 1. The Balaban J connectivity index is 2.54. The van der Waals surface area contributed by atoms with Crippen molar-refractivity contribution in [3.05, 3.63) is 29.8 Å². The third kappa shape index (κ3) is 8.35. The van der Waals surface area contributed by atoms with Crippen molar-refractivity contribution < 1.29 is 18.6 Å². The molecule has 1 rings (SSSR count). The van der Waals surface area contributed by atoms with Gasteiger partial charge in [0.05, 0.1) is 12.6 Å². The van der Waals surface area contributed by atoms with Crippen LogP contribution < -0.4 is 15.4 Å². The van der Waals surface area contributed by atoms with E-state index in [1.165, 1.54) is 12.1 Å². The van der Waals surface area contributed by atoms with E-state index >= 15 is 0 Å². The number of guanidine groups is 1. The molecular weight excluding hydrogens is 336 g/mol. The standard InChI is InChI=1S/C16H25F2N3O2S/c1-3-19-16(20-9-4-10-24-2)21-11-14(22)12-5-7-13(8-6-12)23-15(17)18/h5-8,14-15,22H,3-4,9-11H2,1-2H3,(H2,19,20,21). The van der Waals surface area contributed by atoms with Gasteiger partial charge >= 0.3 is 6.61 Å². The molecule has 1 unspecified atom stereocenters. The van der Waals surface area contributed by atoms with Crippen molar-refractivity contribution in [2.75, 3.05) is 31.6 Å². The molecule has 0 aliphatic carbocycles. The van der Waals surface area contributed by atoms with Gasteiger partial charge < -0.3 is 20.5 Å². The average molecular weight is 361 g/mol. The lowest BCUT2D eigenvalue weighted by molar-refractivity contribution is -0.0498. The van der Waals surface area contributed by atoms with Crippen LogP contribution in [0.25, 0.3) is 0 Å². The number of hydrogen-bond donors (Lipinski definition) is 3. The normalized spacial score (nSPS) is 13.0.